The van der Waals surface area contributed by atoms with Crippen LogP contribution in [0.3, 0.4) is 0 Å². The average molecular weight is 258 g/mol. The van der Waals surface area contributed by atoms with Crippen LogP contribution in [0.25, 0.3) is 0 Å². The van der Waals surface area contributed by atoms with E-state index in [2.05, 4.69) is 12.2 Å². The van der Waals surface area contributed by atoms with Crippen LogP contribution in [0, 0.1) is 13.3 Å². The molecule has 10 heavy (non-hydrogen) atoms. The molecule has 1 aliphatic rings. The van der Waals surface area contributed by atoms with Crippen molar-refractivity contribution in [3.05, 3.63) is 19.6 Å². The zero-order chi connectivity index (χ0) is 5.82. The van der Waals surface area contributed by atoms with E-state index in [1.54, 1.807) is 0 Å². The minimum atomic E-state index is 0. The zero-order valence-corrected chi connectivity index (χ0v) is 13.1. The molecule has 1 unspecified atom stereocenters. The summed E-state index contributed by atoms with van der Waals surface area (Å²) >= 11 is 0. The summed E-state index contributed by atoms with van der Waals surface area (Å²) in [6, 6.07) is 0. The van der Waals surface area contributed by atoms with Gasteiger partial charge in [-0.3, -0.25) is 0 Å². The van der Waals surface area contributed by atoms with E-state index < -0.39 is 0 Å². The van der Waals surface area contributed by atoms with Gasteiger partial charge in [0.05, 0.1) is 0 Å². The van der Waals surface area contributed by atoms with Crippen molar-refractivity contribution in [3.63, 3.8) is 0 Å². The second-order valence-electron chi connectivity index (χ2n) is 2.18. The Morgan fingerprint density at radius 3 is 2.40 bits per heavy atom. The third kappa shape index (κ3) is 5.16. The maximum absolute atomic E-state index is 10.1. The molecule has 0 N–H and O–H groups in total. The van der Waals surface area contributed by atoms with E-state index in [0.29, 0.717) is 5.92 Å². The predicted octanol–water partition coefficient (Wildman–Crippen LogP) is -1.00. The summed E-state index contributed by atoms with van der Waals surface area (Å²) in [7, 11) is 0. The molecule has 2 heteroatoms. The first-order valence-electron chi connectivity index (χ1n) is 3.04. The van der Waals surface area contributed by atoms with Gasteiger partial charge in [-0.25, -0.2) is 0 Å². The Morgan fingerprint density at radius 1 is 1.40 bits per heavy atom. The Bertz CT molecular complexity index is 110. The summed E-state index contributed by atoms with van der Waals surface area (Å²) in [6.45, 7) is 0. The van der Waals surface area contributed by atoms with E-state index in [9.17, 15) is 4.79 Å². The summed E-state index contributed by atoms with van der Waals surface area (Å²) in [5, 5.41) is 0. The van der Waals surface area contributed by atoms with Crippen molar-refractivity contribution in [1.82, 2.24) is 0 Å². The average Bonchev–Trinajstić information content (AvgIpc) is 1.90. The molecule has 0 fully saturated rings. The molecule has 0 aromatic rings. The van der Waals surface area contributed by atoms with E-state index >= 15 is 0 Å². The minimum Gasteiger partial charge on any atom is -0.358 e. The van der Waals surface area contributed by atoms with Crippen LogP contribution in [0.15, 0.2) is 12.2 Å². The van der Waals surface area contributed by atoms with E-state index in [1.165, 1.54) is 0 Å². The summed E-state index contributed by atoms with van der Waals surface area (Å²) < 4.78 is 0. The van der Waals surface area contributed by atoms with Crippen LogP contribution >= 0.6 is 0 Å². The number of aldehydes is 1. The molecule has 0 heterocycles. The van der Waals surface area contributed by atoms with Gasteiger partial charge in [-0.2, -0.15) is 0 Å². The molecule has 0 bridgehead atoms. The predicted molar refractivity (Wildman–Crippen MR) is 39.0 cm³/mol. The van der Waals surface area contributed by atoms with Gasteiger partial charge in [0.1, 0.15) is 6.29 Å². The van der Waals surface area contributed by atoms with Gasteiger partial charge in [0, 0.05) is 5.92 Å². The largest absolute Gasteiger partial charge is 1.00 e. The second kappa shape index (κ2) is 8.56. The van der Waals surface area contributed by atoms with E-state index in [1.807, 2.05) is 0 Å². The maximum atomic E-state index is 10.1. The molecule has 0 radical (unpaired) electrons. The van der Waals surface area contributed by atoms with Crippen LogP contribution in [0.1, 0.15) is 19.3 Å². The van der Waals surface area contributed by atoms with Crippen molar-refractivity contribution >= 4 is 6.29 Å². The Kier molecular flexibility index (Phi) is 12.0. The number of hydrogen-bond donors (Lipinski definition) is 0. The maximum Gasteiger partial charge on any atom is 1.00 e. The Balaban J connectivity index is 0. The van der Waals surface area contributed by atoms with Crippen LogP contribution in [0.2, 0.25) is 0 Å². The number of allylic oxidation sites excluding steroid dienone is 2. The summed E-state index contributed by atoms with van der Waals surface area (Å²) in [4.78, 5) is 10.1. The Hall–Kier alpha value is 1.46. The van der Waals surface area contributed by atoms with Crippen LogP contribution in [0.4, 0.5) is 0 Å². The Morgan fingerprint density at radius 2 is 2.10 bits per heavy atom. The topological polar surface area (TPSA) is 17.1 Å². The van der Waals surface area contributed by atoms with Gasteiger partial charge >= 0.3 is 68.9 Å². The standard InChI is InChI=1S/C7H10O.CH3.Cs/c8-6-7-4-2-1-3-5-7;;/h1-2,6-7H,3-5H2;1H3;/q;-1;+1. The van der Waals surface area contributed by atoms with Gasteiger partial charge in [0.2, 0.25) is 0 Å². The molecule has 1 atom stereocenters. The fourth-order valence-corrected chi connectivity index (χ4v) is 0.941. The fraction of sp³-hybridized carbons (Fsp3) is 0.500. The van der Waals surface area contributed by atoms with E-state index in [0.717, 1.165) is 25.5 Å². The quantitative estimate of drug-likeness (QED) is 0.335. The van der Waals surface area contributed by atoms with Crippen molar-refractivity contribution in [3.8, 4) is 0 Å². The molecule has 0 spiro atoms. The molecule has 0 aromatic heterocycles. The van der Waals surface area contributed by atoms with Gasteiger partial charge in [-0.1, -0.05) is 12.2 Å². The molecular formula is C8H13CsO. The van der Waals surface area contributed by atoms with Gasteiger partial charge < -0.3 is 12.2 Å². The van der Waals surface area contributed by atoms with Crippen molar-refractivity contribution in [2.45, 2.75) is 19.3 Å². The molecule has 0 aliphatic heterocycles. The van der Waals surface area contributed by atoms with Crippen molar-refractivity contribution in [2.24, 2.45) is 5.92 Å². The molecule has 0 amide bonds. The summed E-state index contributed by atoms with van der Waals surface area (Å²) in [5.41, 5.74) is 0. The van der Waals surface area contributed by atoms with Crippen LogP contribution in [-0.4, -0.2) is 6.29 Å². The van der Waals surface area contributed by atoms with Gasteiger partial charge in [-0.15, -0.1) is 0 Å². The van der Waals surface area contributed by atoms with Crippen LogP contribution < -0.4 is 68.9 Å². The summed E-state index contributed by atoms with van der Waals surface area (Å²) in [5.74, 6) is 0.319. The molecule has 0 saturated carbocycles. The number of carbonyl (C=O) groups is 1. The van der Waals surface area contributed by atoms with Crippen molar-refractivity contribution < 1.29 is 73.7 Å². The molecule has 0 saturated heterocycles. The number of rotatable bonds is 1. The number of carbonyl (C=O) groups excluding carboxylic acids is 1. The normalized spacial score (nSPS) is 22.2. The van der Waals surface area contributed by atoms with Gasteiger partial charge in [-0.05, 0) is 19.3 Å². The third-order valence-corrected chi connectivity index (χ3v) is 1.50. The van der Waals surface area contributed by atoms with E-state index in [4.69, 9.17) is 0 Å². The van der Waals surface area contributed by atoms with Gasteiger partial charge in [0.25, 0.3) is 0 Å². The van der Waals surface area contributed by atoms with Crippen LogP contribution in [-0.2, 0) is 4.79 Å². The smallest absolute Gasteiger partial charge is 0.358 e. The van der Waals surface area contributed by atoms with E-state index in [-0.39, 0.29) is 76.3 Å². The Labute approximate surface area is 122 Å². The first kappa shape index (κ1) is 14.0. The molecule has 1 nitrogen and oxygen atoms in total. The van der Waals surface area contributed by atoms with Crippen molar-refractivity contribution in [2.75, 3.05) is 0 Å². The molecule has 1 aliphatic carbocycles. The molecule has 1 rings (SSSR count). The molecule has 0 aromatic carbocycles. The fourth-order valence-electron chi connectivity index (χ4n) is 0.941. The molecular weight excluding hydrogens is 245 g/mol. The van der Waals surface area contributed by atoms with Crippen molar-refractivity contribution in [1.29, 1.82) is 0 Å². The first-order valence-corrected chi connectivity index (χ1v) is 3.04. The monoisotopic (exact) mass is 258 g/mol. The van der Waals surface area contributed by atoms with Crippen LogP contribution in [0.5, 0.6) is 0 Å². The SMILES string of the molecule is O=CC1CC=CCC1.[CH3-].[Cs+]. The molecule has 52 valence electrons. The third-order valence-electron chi connectivity index (χ3n) is 1.50. The first-order chi connectivity index (χ1) is 3.93. The second-order valence-corrected chi connectivity index (χ2v) is 2.18. The minimum absolute atomic E-state index is 0. The van der Waals surface area contributed by atoms with Gasteiger partial charge in [0.15, 0.2) is 0 Å². The zero-order valence-electron chi connectivity index (χ0n) is 6.84. The number of hydrogen-bond acceptors (Lipinski definition) is 1. The summed E-state index contributed by atoms with van der Waals surface area (Å²) in [6.07, 6.45) is 8.39.